The smallest absolute Gasteiger partial charge is 0.139 e. The van der Waals surface area contributed by atoms with Crippen molar-refractivity contribution in [1.82, 2.24) is 4.98 Å². The lowest BCUT2D eigenvalue weighted by molar-refractivity contribution is 0.622. The normalized spacial score (nSPS) is 10.8. The predicted octanol–water partition coefficient (Wildman–Crippen LogP) is 5.22. The number of rotatable bonds is 2. The fourth-order valence-electron chi connectivity index (χ4n) is 2.05. The van der Waals surface area contributed by atoms with Crippen LogP contribution in [0.2, 0.25) is 0 Å². The Kier molecular flexibility index (Phi) is 3.82. The average Bonchev–Trinajstić information content (AvgIpc) is 2.44. The molecule has 106 valence electrons. The molecule has 0 atom stereocenters. The Labute approximate surface area is 137 Å². The summed E-state index contributed by atoms with van der Waals surface area (Å²) in [5.41, 5.74) is 8.45. The maximum absolute atomic E-state index is 13.7. The second kappa shape index (κ2) is 5.61. The van der Waals surface area contributed by atoms with E-state index in [4.69, 9.17) is 5.73 Å². The largest absolute Gasteiger partial charge is 0.397 e. The van der Waals surface area contributed by atoms with Crippen LogP contribution < -0.4 is 11.1 Å². The maximum Gasteiger partial charge on any atom is 0.139 e. The van der Waals surface area contributed by atoms with Gasteiger partial charge in [-0.05, 0) is 50.1 Å². The van der Waals surface area contributed by atoms with Crippen molar-refractivity contribution in [1.29, 1.82) is 0 Å². The molecule has 0 saturated carbocycles. The Morgan fingerprint density at radius 2 is 1.90 bits per heavy atom. The molecule has 0 amide bonds. The lowest BCUT2D eigenvalue weighted by Crippen LogP contribution is -1.99. The minimum atomic E-state index is -0.373. The summed E-state index contributed by atoms with van der Waals surface area (Å²) in [4.78, 5) is 4.39. The zero-order valence-electron chi connectivity index (χ0n) is 10.7. The second-order valence-corrected chi connectivity index (χ2v) is 6.28. The highest BCUT2D eigenvalue weighted by Gasteiger charge is 2.09. The first-order chi connectivity index (χ1) is 10.0. The van der Waals surface area contributed by atoms with Gasteiger partial charge in [0.1, 0.15) is 5.82 Å². The van der Waals surface area contributed by atoms with Gasteiger partial charge < -0.3 is 11.1 Å². The standard InChI is InChI=1S/C15H10Br2FN3/c16-9-4-8-2-1-3-13(15(8)20-7-9)21-14-6-11(18)10(17)5-12(14)19/h1-7,21H,19H2. The molecule has 0 aliphatic carbocycles. The number of nitrogens with zero attached hydrogens (tertiary/aromatic N) is 1. The highest BCUT2D eigenvalue weighted by atomic mass is 79.9. The minimum absolute atomic E-state index is 0.338. The number of nitrogen functional groups attached to an aromatic ring is 1. The number of para-hydroxylation sites is 1. The maximum atomic E-state index is 13.7. The number of hydrogen-bond donors (Lipinski definition) is 2. The number of fused-ring (bicyclic) bond motifs is 1. The lowest BCUT2D eigenvalue weighted by Gasteiger charge is -2.12. The number of benzene rings is 2. The molecule has 21 heavy (non-hydrogen) atoms. The zero-order chi connectivity index (χ0) is 15.0. The van der Waals surface area contributed by atoms with Crippen LogP contribution in [0.3, 0.4) is 0 Å². The van der Waals surface area contributed by atoms with E-state index in [1.165, 1.54) is 12.1 Å². The zero-order valence-corrected chi connectivity index (χ0v) is 13.9. The van der Waals surface area contributed by atoms with Gasteiger partial charge in [-0.15, -0.1) is 0 Å². The molecule has 1 heterocycles. The van der Waals surface area contributed by atoms with E-state index in [0.717, 1.165) is 21.1 Å². The molecule has 0 aliphatic heterocycles. The molecule has 0 radical (unpaired) electrons. The molecule has 0 fully saturated rings. The third-order valence-electron chi connectivity index (χ3n) is 3.04. The average molecular weight is 411 g/mol. The first kappa shape index (κ1) is 14.3. The van der Waals surface area contributed by atoms with Crippen molar-refractivity contribution in [3.05, 3.63) is 57.4 Å². The van der Waals surface area contributed by atoms with Crippen LogP contribution in [-0.2, 0) is 0 Å². The lowest BCUT2D eigenvalue weighted by atomic mass is 10.2. The van der Waals surface area contributed by atoms with Crippen molar-refractivity contribution in [2.45, 2.75) is 0 Å². The van der Waals surface area contributed by atoms with E-state index >= 15 is 0 Å². The Bertz CT molecular complexity index is 837. The van der Waals surface area contributed by atoms with Crippen LogP contribution >= 0.6 is 31.9 Å². The molecule has 1 aromatic heterocycles. The van der Waals surface area contributed by atoms with Gasteiger partial charge in [-0.25, -0.2) is 4.39 Å². The molecule has 3 N–H and O–H groups in total. The molecular formula is C15H10Br2FN3. The molecular weight excluding hydrogens is 401 g/mol. The molecule has 3 nitrogen and oxygen atoms in total. The summed E-state index contributed by atoms with van der Waals surface area (Å²) in [6.07, 6.45) is 1.72. The number of nitrogens with one attached hydrogen (secondary N) is 1. The van der Waals surface area contributed by atoms with Crippen molar-refractivity contribution in [2.75, 3.05) is 11.1 Å². The van der Waals surface area contributed by atoms with Gasteiger partial charge in [0.25, 0.3) is 0 Å². The summed E-state index contributed by atoms with van der Waals surface area (Å²) < 4.78 is 14.9. The number of halogens is 3. The molecule has 3 aromatic rings. The molecule has 2 aromatic carbocycles. The van der Waals surface area contributed by atoms with E-state index in [1.54, 1.807) is 6.20 Å². The van der Waals surface area contributed by atoms with E-state index < -0.39 is 0 Å². The highest BCUT2D eigenvalue weighted by molar-refractivity contribution is 9.10. The fourth-order valence-corrected chi connectivity index (χ4v) is 2.76. The summed E-state index contributed by atoms with van der Waals surface area (Å²) in [5.74, 6) is -0.373. The van der Waals surface area contributed by atoms with Crippen molar-refractivity contribution in [3.8, 4) is 0 Å². The molecule has 6 heteroatoms. The molecule has 0 aliphatic rings. The van der Waals surface area contributed by atoms with Crippen LogP contribution in [0.25, 0.3) is 10.9 Å². The van der Waals surface area contributed by atoms with Crippen LogP contribution in [0, 0.1) is 5.82 Å². The summed E-state index contributed by atoms with van der Waals surface area (Å²) in [6.45, 7) is 0. The molecule has 3 rings (SSSR count). The second-order valence-electron chi connectivity index (χ2n) is 4.51. The topological polar surface area (TPSA) is 50.9 Å². The van der Waals surface area contributed by atoms with Gasteiger partial charge in [0.05, 0.1) is 27.1 Å². The van der Waals surface area contributed by atoms with E-state index in [1.807, 2.05) is 24.3 Å². The molecule has 0 bridgehead atoms. The molecule has 0 unspecified atom stereocenters. The summed E-state index contributed by atoms with van der Waals surface area (Å²) in [6, 6.07) is 10.6. The summed E-state index contributed by atoms with van der Waals surface area (Å²) in [5, 5.41) is 4.12. The van der Waals surface area contributed by atoms with Gasteiger partial charge in [0.15, 0.2) is 0 Å². The van der Waals surface area contributed by atoms with Gasteiger partial charge in [-0.1, -0.05) is 12.1 Å². The molecule has 0 spiro atoms. The Balaban J connectivity index is 2.08. The van der Waals surface area contributed by atoms with Gasteiger partial charge in [0.2, 0.25) is 0 Å². The van der Waals surface area contributed by atoms with E-state index in [2.05, 4.69) is 42.2 Å². The number of nitrogens with two attached hydrogens (primary N) is 1. The van der Waals surface area contributed by atoms with Crippen LogP contribution in [0.4, 0.5) is 21.5 Å². The number of hydrogen-bond acceptors (Lipinski definition) is 3. The summed E-state index contributed by atoms with van der Waals surface area (Å²) in [7, 11) is 0. The van der Waals surface area contributed by atoms with Gasteiger partial charge in [-0.2, -0.15) is 0 Å². The van der Waals surface area contributed by atoms with Crippen molar-refractivity contribution < 1.29 is 4.39 Å². The van der Waals surface area contributed by atoms with Crippen molar-refractivity contribution in [2.24, 2.45) is 0 Å². The molecule has 0 saturated heterocycles. The Hall–Kier alpha value is -1.66. The van der Waals surface area contributed by atoms with Crippen LogP contribution in [-0.4, -0.2) is 4.98 Å². The third kappa shape index (κ3) is 2.87. The SMILES string of the molecule is Nc1cc(Br)c(F)cc1Nc1cccc2cc(Br)cnc12. The van der Waals surface area contributed by atoms with Crippen molar-refractivity contribution >= 4 is 59.8 Å². The first-order valence-corrected chi connectivity index (χ1v) is 7.69. The van der Waals surface area contributed by atoms with E-state index in [9.17, 15) is 4.39 Å². The van der Waals surface area contributed by atoms with E-state index in [-0.39, 0.29) is 5.82 Å². The van der Waals surface area contributed by atoms with E-state index in [0.29, 0.717) is 15.8 Å². The van der Waals surface area contributed by atoms with Crippen LogP contribution in [0.15, 0.2) is 51.5 Å². The Morgan fingerprint density at radius 1 is 1.10 bits per heavy atom. The Morgan fingerprint density at radius 3 is 2.71 bits per heavy atom. The van der Waals surface area contributed by atoms with Gasteiger partial charge >= 0.3 is 0 Å². The quantitative estimate of drug-likeness (QED) is 0.569. The van der Waals surface area contributed by atoms with Crippen LogP contribution in [0.5, 0.6) is 0 Å². The first-order valence-electron chi connectivity index (χ1n) is 6.10. The van der Waals surface area contributed by atoms with Crippen molar-refractivity contribution in [3.63, 3.8) is 0 Å². The number of anilines is 3. The highest BCUT2D eigenvalue weighted by Crippen LogP contribution is 2.31. The minimum Gasteiger partial charge on any atom is -0.397 e. The van der Waals surface area contributed by atoms with Gasteiger partial charge in [0, 0.05) is 22.1 Å². The van der Waals surface area contributed by atoms with Gasteiger partial charge in [-0.3, -0.25) is 4.98 Å². The monoisotopic (exact) mass is 409 g/mol. The fraction of sp³-hybridized carbons (Fsp3) is 0. The number of pyridine rings is 1. The number of aromatic nitrogens is 1. The predicted molar refractivity (Wildman–Crippen MR) is 91.2 cm³/mol. The summed E-state index contributed by atoms with van der Waals surface area (Å²) >= 11 is 6.51. The third-order valence-corrected chi connectivity index (χ3v) is 4.08. The van der Waals surface area contributed by atoms with Crippen LogP contribution in [0.1, 0.15) is 0 Å².